The number of rotatable bonds is 10. The predicted molar refractivity (Wildman–Crippen MR) is 128 cm³/mol. The molecule has 0 aliphatic heterocycles. The molecule has 2 N–H and O–H groups in total. The maximum absolute atomic E-state index is 5.93. The van der Waals surface area contributed by atoms with Crippen molar-refractivity contribution in [1.82, 2.24) is 10.6 Å². The van der Waals surface area contributed by atoms with Crippen LogP contribution in [-0.2, 0) is 31.0 Å². The van der Waals surface area contributed by atoms with Gasteiger partial charge in [-0.2, -0.15) is 0 Å². The van der Waals surface area contributed by atoms with E-state index in [0.717, 1.165) is 17.1 Å². The Morgan fingerprint density at radius 1 is 0.719 bits per heavy atom. The van der Waals surface area contributed by atoms with E-state index in [9.17, 15) is 0 Å². The van der Waals surface area contributed by atoms with Gasteiger partial charge in [-0.3, -0.25) is 4.99 Å². The van der Waals surface area contributed by atoms with Crippen LogP contribution in [0.2, 0.25) is 0 Å². The number of nitrogens with one attached hydrogen (secondary N) is 2. The molecule has 0 aromatic heterocycles. The average molecular weight is 434 g/mol. The van der Waals surface area contributed by atoms with Crippen molar-refractivity contribution in [1.29, 1.82) is 0 Å². The molecule has 0 amide bonds. The lowest BCUT2D eigenvalue weighted by Crippen LogP contribution is -2.36. The summed E-state index contributed by atoms with van der Waals surface area (Å²) in [7, 11) is 5.03. The molecule has 0 saturated carbocycles. The summed E-state index contributed by atoms with van der Waals surface area (Å²) in [5, 5.41) is 6.72. The fraction of sp³-hybridized carbons (Fsp3) is 0.269. The van der Waals surface area contributed by atoms with Gasteiger partial charge >= 0.3 is 0 Å². The Bertz CT molecular complexity index is 1010. The summed E-state index contributed by atoms with van der Waals surface area (Å²) in [4.78, 5) is 4.33. The zero-order valence-electron chi connectivity index (χ0n) is 18.9. The first kappa shape index (κ1) is 23.2. The van der Waals surface area contributed by atoms with Crippen molar-refractivity contribution in [3.8, 4) is 11.5 Å². The number of hydrogen-bond acceptors (Lipinski definition) is 4. The van der Waals surface area contributed by atoms with E-state index in [4.69, 9.17) is 14.2 Å². The van der Waals surface area contributed by atoms with Crippen molar-refractivity contribution >= 4 is 5.96 Å². The van der Waals surface area contributed by atoms with Crippen LogP contribution in [0, 0.1) is 0 Å². The summed E-state index contributed by atoms with van der Waals surface area (Å²) >= 11 is 0. The highest BCUT2D eigenvalue weighted by molar-refractivity contribution is 5.79. The highest BCUT2D eigenvalue weighted by atomic mass is 16.5. The molecule has 0 atom stereocenters. The van der Waals surface area contributed by atoms with Crippen molar-refractivity contribution in [2.24, 2.45) is 4.99 Å². The van der Waals surface area contributed by atoms with Crippen LogP contribution < -0.4 is 20.1 Å². The molecule has 0 aliphatic carbocycles. The third-order valence-corrected chi connectivity index (χ3v) is 5.07. The minimum atomic E-state index is 0.560. The van der Waals surface area contributed by atoms with Gasteiger partial charge < -0.3 is 24.8 Å². The molecule has 3 aromatic carbocycles. The first-order valence-electron chi connectivity index (χ1n) is 10.6. The first-order chi connectivity index (χ1) is 15.7. The summed E-state index contributed by atoms with van der Waals surface area (Å²) in [5.74, 6) is 2.14. The molecule has 0 aliphatic rings. The van der Waals surface area contributed by atoms with Gasteiger partial charge in [0.2, 0.25) is 0 Å². The molecule has 3 rings (SSSR count). The van der Waals surface area contributed by atoms with E-state index < -0.39 is 0 Å². The zero-order valence-corrected chi connectivity index (χ0v) is 18.9. The summed E-state index contributed by atoms with van der Waals surface area (Å²) < 4.78 is 16.6. The summed E-state index contributed by atoms with van der Waals surface area (Å²) in [6, 6.07) is 24.3. The van der Waals surface area contributed by atoms with E-state index in [0.29, 0.717) is 37.8 Å². The molecule has 3 aromatic rings. The molecule has 0 spiro atoms. The monoisotopic (exact) mass is 433 g/mol. The average Bonchev–Trinajstić information content (AvgIpc) is 2.85. The fourth-order valence-electron chi connectivity index (χ4n) is 3.30. The second-order valence-electron chi connectivity index (χ2n) is 7.22. The summed E-state index contributed by atoms with van der Waals surface area (Å²) in [5.41, 5.74) is 4.57. The second-order valence-corrected chi connectivity index (χ2v) is 7.22. The molecule has 6 heteroatoms. The van der Waals surface area contributed by atoms with Gasteiger partial charge in [0.05, 0.1) is 27.4 Å². The number of ether oxygens (including phenoxy) is 3. The van der Waals surface area contributed by atoms with Crippen LogP contribution in [-0.4, -0.2) is 27.2 Å². The SMILES string of the molecule is CN=C(NCc1ccc(OC)c(OC)c1)NCc1ccccc1COCc1ccccc1. The lowest BCUT2D eigenvalue weighted by Gasteiger charge is -2.15. The van der Waals surface area contributed by atoms with Crippen molar-refractivity contribution in [3.05, 3.63) is 95.1 Å². The minimum Gasteiger partial charge on any atom is -0.493 e. The Hall–Kier alpha value is -3.51. The van der Waals surface area contributed by atoms with E-state index in [-0.39, 0.29) is 0 Å². The van der Waals surface area contributed by atoms with Gasteiger partial charge in [0.15, 0.2) is 17.5 Å². The molecule has 0 heterocycles. The van der Waals surface area contributed by atoms with Crippen molar-refractivity contribution in [2.45, 2.75) is 26.3 Å². The Kier molecular flexibility index (Phi) is 8.95. The van der Waals surface area contributed by atoms with Gasteiger partial charge in [-0.05, 0) is 34.4 Å². The normalized spacial score (nSPS) is 11.2. The van der Waals surface area contributed by atoms with Gasteiger partial charge in [-0.25, -0.2) is 0 Å². The smallest absolute Gasteiger partial charge is 0.191 e. The standard InChI is InChI=1S/C26H31N3O3/c1-27-26(28-16-21-13-14-24(30-2)25(15-21)31-3)29-17-22-11-7-8-12-23(22)19-32-18-20-9-5-4-6-10-20/h4-15H,16-19H2,1-3H3,(H2,27,28,29). The Labute approximate surface area is 190 Å². The number of benzene rings is 3. The van der Waals surface area contributed by atoms with Crippen molar-refractivity contribution < 1.29 is 14.2 Å². The van der Waals surface area contributed by atoms with Crippen molar-refractivity contribution in [2.75, 3.05) is 21.3 Å². The van der Waals surface area contributed by atoms with Gasteiger partial charge in [0.1, 0.15) is 0 Å². The van der Waals surface area contributed by atoms with Crippen LogP contribution >= 0.6 is 0 Å². The summed E-state index contributed by atoms with van der Waals surface area (Å²) in [6.45, 7) is 2.42. The molecule has 32 heavy (non-hydrogen) atoms. The minimum absolute atomic E-state index is 0.560. The van der Waals surface area contributed by atoms with Gasteiger partial charge in [0, 0.05) is 20.1 Å². The number of nitrogens with zero attached hydrogens (tertiary/aromatic N) is 1. The van der Waals surface area contributed by atoms with Crippen LogP contribution in [0.4, 0.5) is 0 Å². The van der Waals surface area contributed by atoms with Crippen LogP contribution in [0.25, 0.3) is 0 Å². The maximum atomic E-state index is 5.93. The van der Waals surface area contributed by atoms with Gasteiger partial charge in [0.25, 0.3) is 0 Å². The highest BCUT2D eigenvalue weighted by Crippen LogP contribution is 2.27. The number of hydrogen-bond donors (Lipinski definition) is 2. The third kappa shape index (κ3) is 6.75. The number of guanidine groups is 1. The van der Waals surface area contributed by atoms with E-state index >= 15 is 0 Å². The quantitative estimate of drug-likeness (QED) is 0.369. The van der Waals surface area contributed by atoms with E-state index in [1.54, 1.807) is 21.3 Å². The predicted octanol–water partition coefficient (Wildman–Crippen LogP) is 4.29. The maximum Gasteiger partial charge on any atom is 0.191 e. The van der Waals surface area contributed by atoms with E-state index in [1.807, 2.05) is 48.5 Å². The van der Waals surface area contributed by atoms with Crippen molar-refractivity contribution in [3.63, 3.8) is 0 Å². The molecule has 0 saturated heterocycles. The van der Waals surface area contributed by atoms with Crippen LogP contribution in [0.5, 0.6) is 11.5 Å². The molecule has 0 unspecified atom stereocenters. The molecule has 168 valence electrons. The molecule has 6 nitrogen and oxygen atoms in total. The largest absolute Gasteiger partial charge is 0.493 e. The molecule has 0 bridgehead atoms. The summed E-state index contributed by atoms with van der Waals surface area (Å²) in [6.07, 6.45) is 0. The second kappa shape index (κ2) is 12.4. The highest BCUT2D eigenvalue weighted by Gasteiger charge is 2.07. The number of aliphatic imine (C=N–C) groups is 1. The Balaban J connectivity index is 1.52. The molecule has 0 radical (unpaired) electrons. The zero-order chi connectivity index (χ0) is 22.6. The van der Waals surface area contributed by atoms with E-state index in [2.05, 4.69) is 39.9 Å². The Morgan fingerprint density at radius 2 is 1.41 bits per heavy atom. The Morgan fingerprint density at radius 3 is 2.12 bits per heavy atom. The fourth-order valence-corrected chi connectivity index (χ4v) is 3.30. The van der Waals surface area contributed by atoms with Crippen LogP contribution in [0.15, 0.2) is 77.8 Å². The van der Waals surface area contributed by atoms with E-state index in [1.165, 1.54) is 11.1 Å². The molecular weight excluding hydrogens is 402 g/mol. The van der Waals surface area contributed by atoms with Gasteiger partial charge in [-0.15, -0.1) is 0 Å². The lowest BCUT2D eigenvalue weighted by molar-refractivity contribution is 0.106. The van der Waals surface area contributed by atoms with Crippen LogP contribution in [0.3, 0.4) is 0 Å². The number of methoxy groups -OCH3 is 2. The topological polar surface area (TPSA) is 64.1 Å². The third-order valence-electron chi connectivity index (χ3n) is 5.07. The molecular formula is C26H31N3O3. The molecule has 0 fully saturated rings. The van der Waals surface area contributed by atoms with Gasteiger partial charge in [-0.1, -0.05) is 60.7 Å². The first-order valence-corrected chi connectivity index (χ1v) is 10.6. The van der Waals surface area contributed by atoms with Crippen LogP contribution in [0.1, 0.15) is 22.3 Å². The lowest BCUT2D eigenvalue weighted by atomic mass is 10.1.